The van der Waals surface area contributed by atoms with Crippen LogP contribution in [-0.4, -0.2) is 39.4 Å². The summed E-state index contributed by atoms with van der Waals surface area (Å²) < 4.78 is 54.4. The molecule has 1 aliphatic rings. The van der Waals surface area contributed by atoms with Crippen molar-refractivity contribution in [3.63, 3.8) is 0 Å². The average molecular weight is 530 g/mol. The van der Waals surface area contributed by atoms with Crippen molar-refractivity contribution in [2.75, 3.05) is 0 Å². The van der Waals surface area contributed by atoms with E-state index in [1.54, 1.807) is 43.3 Å². The number of ether oxygens (including phenoxy) is 2. The highest BCUT2D eigenvalue weighted by Gasteiger charge is 2.45. The summed E-state index contributed by atoms with van der Waals surface area (Å²) in [5.74, 6) is -1.17. The van der Waals surface area contributed by atoms with E-state index in [4.69, 9.17) is 20.3 Å². The van der Waals surface area contributed by atoms with E-state index in [0.717, 1.165) is 44.0 Å². The fourth-order valence-corrected chi connectivity index (χ4v) is 4.46. The SMILES string of the molecule is Cc1ccc(C(Oc2cc(-c3ccc(C[C@H](N)C(=O)O)cc3)ncn2)C(F)(F)F)c(OC2CCCCC2)c1. The van der Waals surface area contributed by atoms with Gasteiger partial charge in [0.1, 0.15) is 18.1 Å². The first-order valence-electron chi connectivity index (χ1n) is 12.5. The second-order valence-corrected chi connectivity index (χ2v) is 9.55. The first kappa shape index (κ1) is 27.4. The largest absolute Gasteiger partial charge is 0.490 e. The van der Waals surface area contributed by atoms with Crippen molar-refractivity contribution < 1.29 is 32.5 Å². The number of alkyl halides is 3. The molecule has 1 aromatic heterocycles. The lowest BCUT2D eigenvalue weighted by atomic mass is 9.97. The first-order chi connectivity index (χ1) is 18.1. The van der Waals surface area contributed by atoms with Crippen LogP contribution in [0.25, 0.3) is 11.3 Å². The maximum atomic E-state index is 14.3. The quantitative estimate of drug-likeness (QED) is 0.361. The van der Waals surface area contributed by atoms with E-state index in [9.17, 15) is 18.0 Å². The molecule has 0 amide bonds. The summed E-state index contributed by atoms with van der Waals surface area (Å²) >= 11 is 0. The lowest BCUT2D eigenvalue weighted by Gasteiger charge is -2.28. The van der Waals surface area contributed by atoms with E-state index >= 15 is 0 Å². The van der Waals surface area contributed by atoms with Crippen molar-refractivity contribution >= 4 is 5.97 Å². The maximum Gasteiger partial charge on any atom is 0.429 e. The molecule has 0 radical (unpaired) electrons. The number of halogens is 3. The Morgan fingerprint density at radius 2 is 1.79 bits per heavy atom. The lowest BCUT2D eigenvalue weighted by Crippen LogP contribution is -2.32. The lowest BCUT2D eigenvalue weighted by molar-refractivity contribution is -0.199. The van der Waals surface area contributed by atoms with Gasteiger partial charge < -0.3 is 20.3 Å². The summed E-state index contributed by atoms with van der Waals surface area (Å²) in [6.45, 7) is 1.80. The van der Waals surface area contributed by atoms with Crippen LogP contribution in [0.1, 0.15) is 54.9 Å². The first-order valence-corrected chi connectivity index (χ1v) is 12.5. The summed E-state index contributed by atoms with van der Waals surface area (Å²) in [5.41, 5.74) is 7.93. The number of carboxylic acid groups (broad SMARTS) is 1. The molecule has 7 nitrogen and oxygen atoms in total. The Hall–Kier alpha value is -3.66. The van der Waals surface area contributed by atoms with Crippen LogP contribution in [0.15, 0.2) is 54.9 Å². The fourth-order valence-electron chi connectivity index (χ4n) is 4.46. The molecule has 38 heavy (non-hydrogen) atoms. The number of rotatable bonds is 9. The molecule has 1 unspecified atom stereocenters. The smallest absolute Gasteiger partial charge is 0.429 e. The van der Waals surface area contributed by atoms with Gasteiger partial charge in [0.15, 0.2) is 0 Å². The van der Waals surface area contributed by atoms with Crippen LogP contribution in [0.5, 0.6) is 11.6 Å². The summed E-state index contributed by atoms with van der Waals surface area (Å²) in [7, 11) is 0. The van der Waals surface area contributed by atoms with Gasteiger partial charge in [-0.1, -0.05) is 42.8 Å². The minimum absolute atomic E-state index is 0.104. The Morgan fingerprint density at radius 1 is 1.08 bits per heavy atom. The highest BCUT2D eigenvalue weighted by Crippen LogP contribution is 2.41. The monoisotopic (exact) mass is 529 g/mol. The van der Waals surface area contributed by atoms with Gasteiger partial charge in [0, 0.05) is 17.2 Å². The number of aromatic nitrogens is 2. The van der Waals surface area contributed by atoms with Crippen LogP contribution in [0.4, 0.5) is 13.2 Å². The van der Waals surface area contributed by atoms with Gasteiger partial charge in [0.2, 0.25) is 12.0 Å². The van der Waals surface area contributed by atoms with Crippen LogP contribution >= 0.6 is 0 Å². The zero-order valence-electron chi connectivity index (χ0n) is 20.9. The Kier molecular flexibility index (Phi) is 8.51. The molecular weight excluding hydrogens is 499 g/mol. The molecule has 1 heterocycles. The molecule has 10 heteroatoms. The zero-order chi connectivity index (χ0) is 27.3. The number of hydrogen-bond donors (Lipinski definition) is 2. The normalized spacial score (nSPS) is 16.0. The highest BCUT2D eigenvalue weighted by atomic mass is 19.4. The van der Waals surface area contributed by atoms with Crippen LogP contribution in [0, 0.1) is 6.92 Å². The molecule has 1 saturated carbocycles. The van der Waals surface area contributed by atoms with Crippen molar-refractivity contribution in [2.24, 2.45) is 5.73 Å². The molecular formula is C28H30F3N3O4. The number of aliphatic carboxylic acids is 1. The second kappa shape index (κ2) is 11.8. The van der Waals surface area contributed by atoms with E-state index in [1.165, 1.54) is 12.1 Å². The average Bonchev–Trinajstić information content (AvgIpc) is 2.88. The van der Waals surface area contributed by atoms with Crippen molar-refractivity contribution in [3.8, 4) is 22.9 Å². The third-order valence-electron chi connectivity index (χ3n) is 6.50. The molecule has 4 rings (SSSR count). The molecule has 0 spiro atoms. The Morgan fingerprint density at radius 3 is 2.45 bits per heavy atom. The Balaban J connectivity index is 1.58. The topological polar surface area (TPSA) is 108 Å². The van der Waals surface area contributed by atoms with Crippen LogP contribution in [0.3, 0.4) is 0 Å². The minimum Gasteiger partial charge on any atom is -0.490 e. The Labute approximate surface area is 218 Å². The number of hydrogen-bond acceptors (Lipinski definition) is 6. The van der Waals surface area contributed by atoms with E-state index in [2.05, 4.69) is 9.97 Å². The van der Waals surface area contributed by atoms with Crippen molar-refractivity contribution in [2.45, 2.75) is 69.9 Å². The molecule has 3 aromatic rings. The molecule has 0 aliphatic heterocycles. The van der Waals surface area contributed by atoms with Gasteiger partial charge in [-0.3, -0.25) is 4.79 Å². The van der Waals surface area contributed by atoms with Gasteiger partial charge in [0.25, 0.3) is 0 Å². The predicted octanol–water partition coefficient (Wildman–Crippen LogP) is 5.80. The van der Waals surface area contributed by atoms with Gasteiger partial charge in [-0.25, -0.2) is 9.97 Å². The Bertz CT molecular complexity index is 1240. The van der Waals surface area contributed by atoms with Gasteiger partial charge in [0.05, 0.1) is 11.8 Å². The molecule has 0 bridgehead atoms. The van der Waals surface area contributed by atoms with E-state index in [1.807, 2.05) is 0 Å². The molecule has 1 aliphatic carbocycles. The molecule has 2 aromatic carbocycles. The van der Waals surface area contributed by atoms with Crippen LogP contribution in [-0.2, 0) is 11.2 Å². The summed E-state index contributed by atoms with van der Waals surface area (Å²) in [6, 6.07) is 11.7. The maximum absolute atomic E-state index is 14.3. The van der Waals surface area contributed by atoms with E-state index in [0.29, 0.717) is 16.8 Å². The summed E-state index contributed by atoms with van der Waals surface area (Å²) in [6.07, 6.45) is -1.17. The third-order valence-corrected chi connectivity index (χ3v) is 6.50. The number of nitrogens with zero attached hydrogens (tertiary/aromatic N) is 2. The van der Waals surface area contributed by atoms with E-state index < -0.39 is 24.3 Å². The van der Waals surface area contributed by atoms with Crippen molar-refractivity contribution in [3.05, 3.63) is 71.5 Å². The van der Waals surface area contributed by atoms with Crippen molar-refractivity contribution in [1.82, 2.24) is 9.97 Å². The van der Waals surface area contributed by atoms with Crippen LogP contribution in [0.2, 0.25) is 0 Å². The minimum atomic E-state index is -4.73. The summed E-state index contributed by atoms with van der Waals surface area (Å²) in [4.78, 5) is 19.1. The van der Waals surface area contributed by atoms with Gasteiger partial charge >= 0.3 is 12.1 Å². The third kappa shape index (κ3) is 7.00. The number of aryl methyl sites for hydroxylation is 1. The van der Waals surface area contributed by atoms with Crippen LogP contribution < -0.4 is 15.2 Å². The number of nitrogens with two attached hydrogens (primary N) is 1. The number of carboxylic acids is 1. The fraction of sp³-hybridized carbons (Fsp3) is 0.393. The van der Waals surface area contributed by atoms with Crippen molar-refractivity contribution in [1.29, 1.82) is 0 Å². The van der Waals surface area contributed by atoms with Gasteiger partial charge in [-0.05, 0) is 56.2 Å². The second-order valence-electron chi connectivity index (χ2n) is 9.55. The van der Waals surface area contributed by atoms with E-state index in [-0.39, 0.29) is 29.7 Å². The highest BCUT2D eigenvalue weighted by molar-refractivity contribution is 5.73. The van der Waals surface area contributed by atoms with Gasteiger partial charge in [-0.2, -0.15) is 13.2 Å². The molecule has 202 valence electrons. The molecule has 0 saturated heterocycles. The number of benzene rings is 2. The molecule has 2 atom stereocenters. The summed E-state index contributed by atoms with van der Waals surface area (Å²) in [5, 5.41) is 8.99. The molecule has 1 fully saturated rings. The number of carbonyl (C=O) groups is 1. The zero-order valence-corrected chi connectivity index (χ0v) is 20.9. The predicted molar refractivity (Wildman–Crippen MR) is 135 cm³/mol. The standard InChI is InChI=1S/C28H30F3N3O4/c1-17-7-12-21(24(13-17)37-20-5-3-2-4-6-20)26(28(29,30)31)38-25-15-23(33-16-34-25)19-10-8-18(9-11-19)14-22(32)27(35)36/h7-13,15-16,20,22,26H,2-6,14,32H2,1H3,(H,35,36)/t22-,26?/m0/s1. The van der Waals surface area contributed by atoms with Gasteiger partial charge in [-0.15, -0.1) is 0 Å². The molecule has 3 N–H and O–H groups in total.